The van der Waals surface area contributed by atoms with E-state index >= 15 is 0 Å². The number of halogens is 1. The standard InChI is InChI=1S/C7H12BrNO3/c1-2-12-7(11)3-4-9-6(10)5-8/h2-5H2,1H3,(H,9,10). The smallest absolute Gasteiger partial charge is 0.307 e. The molecule has 0 fully saturated rings. The zero-order valence-electron chi connectivity index (χ0n) is 6.93. The molecule has 4 nitrogen and oxygen atoms in total. The molecule has 0 radical (unpaired) electrons. The van der Waals surface area contributed by atoms with Crippen LogP contribution in [0.4, 0.5) is 0 Å². The van der Waals surface area contributed by atoms with Gasteiger partial charge in [-0.1, -0.05) is 15.9 Å². The van der Waals surface area contributed by atoms with Gasteiger partial charge in [0.2, 0.25) is 5.91 Å². The molecule has 0 saturated heterocycles. The van der Waals surface area contributed by atoms with Gasteiger partial charge in [0, 0.05) is 6.54 Å². The maximum atomic E-state index is 10.7. The van der Waals surface area contributed by atoms with Gasteiger partial charge in [-0.15, -0.1) is 0 Å². The fourth-order valence-corrected chi connectivity index (χ4v) is 0.783. The van der Waals surface area contributed by atoms with E-state index in [1.54, 1.807) is 6.92 Å². The van der Waals surface area contributed by atoms with Crippen LogP contribution in [0.25, 0.3) is 0 Å². The van der Waals surface area contributed by atoms with Crippen molar-refractivity contribution in [2.75, 3.05) is 18.5 Å². The van der Waals surface area contributed by atoms with Crippen LogP contribution in [-0.2, 0) is 14.3 Å². The topological polar surface area (TPSA) is 55.4 Å². The van der Waals surface area contributed by atoms with Gasteiger partial charge in [-0.3, -0.25) is 9.59 Å². The highest BCUT2D eigenvalue weighted by Gasteiger charge is 2.02. The van der Waals surface area contributed by atoms with Crippen molar-refractivity contribution in [1.82, 2.24) is 5.32 Å². The van der Waals surface area contributed by atoms with Crippen molar-refractivity contribution in [2.24, 2.45) is 0 Å². The van der Waals surface area contributed by atoms with Crippen LogP contribution < -0.4 is 5.32 Å². The summed E-state index contributed by atoms with van der Waals surface area (Å²) >= 11 is 2.98. The molecule has 5 heteroatoms. The maximum Gasteiger partial charge on any atom is 0.307 e. The van der Waals surface area contributed by atoms with Gasteiger partial charge in [0.1, 0.15) is 0 Å². The molecule has 70 valence electrons. The number of esters is 1. The minimum absolute atomic E-state index is 0.126. The highest BCUT2D eigenvalue weighted by Crippen LogP contribution is 1.85. The number of carbonyl (C=O) groups is 2. The van der Waals surface area contributed by atoms with Crippen LogP contribution in [0.5, 0.6) is 0 Å². The molecule has 0 aliphatic heterocycles. The average molecular weight is 238 g/mol. The van der Waals surface area contributed by atoms with Crippen molar-refractivity contribution >= 4 is 27.8 Å². The lowest BCUT2D eigenvalue weighted by atomic mass is 10.4. The Morgan fingerprint density at radius 2 is 2.17 bits per heavy atom. The molecular weight excluding hydrogens is 226 g/mol. The van der Waals surface area contributed by atoms with E-state index in [0.717, 1.165) is 0 Å². The largest absolute Gasteiger partial charge is 0.466 e. The minimum atomic E-state index is -0.285. The van der Waals surface area contributed by atoms with Crippen LogP contribution in [0.3, 0.4) is 0 Å². The Hall–Kier alpha value is -0.580. The Morgan fingerprint density at radius 1 is 1.50 bits per heavy atom. The molecule has 0 aliphatic rings. The second kappa shape index (κ2) is 7.09. The summed E-state index contributed by atoms with van der Waals surface area (Å²) in [7, 11) is 0. The Kier molecular flexibility index (Phi) is 6.75. The van der Waals surface area contributed by atoms with Crippen molar-refractivity contribution in [3.8, 4) is 0 Å². The number of rotatable bonds is 5. The molecule has 0 rings (SSSR count). The van der Waals surface area contributed by atoms with Crippen molar-refractivity contribution in [3.05, 3.63) is 0 Å². The molecular formula is C7H12BrNO3. The lowest BCUT2D eigenvalue weighted by Crippen LogP contribution is -2.27. The second-order valence-electron chi connectivity index (χ2n) is 2.04. The van der Waals surface area contributed by atoms with Gasteiger partial charge in [-0.25, -0.2) is 0 Å². The van der Waals surface area contributed by atoms with E-state index in [1.165, 1.54) is 0 Å². The summed E-state index contributed by atoms with van der Waals surface area (Å²) in [4.78, 5) is 21.4. The molecule has 0 saturated carbocycles. The third-order valence-electron chi connectivity index (χ3n) is 1.08. The quantitative estimate of drug-likeness (QED) is 0.558. The van der Waals surface area contributed by atoms with Crippen LogP contribution in [0.2, 0.25) is 0 Å². The summed E-state index contributed by atoms with van der Waals surface area (Å²) in [6, 6.07) is 0. The number of ether oxygens (including phenoxy) is 1. The van der Waals surface area contributed by atoms with Crippen LogP contribution in [0.15, 0.2) is 0 Å². The van der Waals surface area contributed by atoms with E-state index in [1.807, 2.05) is 0 Å². The SMILES string of the molecule is CCOC(=O)CCNC(=O)CBr. The summed E-state index contributed by atoms with van der Waals surface area (Å²) in [5.74, 6) is -0.410. The molecule has 0 atom stereocenters. The first-order valence-electron chi connectivity index (χ1n) is 3.69. The monoisotopic (exact) mass is 237 g/mol. The average Bonchev–Trinajstić information content (AvgIpc) is 2.04. The lowest BCUT2D eigenvalue weighted by Gasteiger charge is -2.02. The molecule has 0 spiro atoms. The summed E-state index contributed by atoms with van der Waals surface area (Å²) in [6.07, 6.45) is 0.229. The van der Waals surface area contributed by atoms with Gasteiger partial charge in [0.05, 0.1) is 18.4 Å². The Balaban J connectivity index is 3.30. The van der Waals surface area contributed by atoms with E-state index in [2.05, 4.69) is 26.0 Å². The van der Waals surface area contributed by atoms with Gasteiger partial charge < -0.3 is 10.1 Å². The number of amides is 1. The van der Waals surface area contributed by atoms with Crippen molar-refractivity contribution in [1.29, 1.82) is 0 Å². The predicted molar refractivity (Wildman–Crippen MR) is 48.1 cm³/mol. The zero-order valence-corrected chi connectivity index (χ0v) is 8.52. The fourth-order valence-electron chi connectivity index (χ4n) is 0.584. The number of hydrogen-bond donors (Lipinski definition) is 1. The molecule has 0 aliphatic carbocycles. The van der Waals surface area contributed by atoms with E-state index < -0.39 is 0 Å². The van der Waals surface area contributed by atoms with Crippen LogP contribution in [0.1, 0.15) is 13.3 Å². The van der Waals surface area contributed by atoms with Crippen molar-refractivity contribution in [3.63, 3.8) is 0 Å². The van der Waals surface area contributed by atoms with E-state index in [0.29, 0.717) is 13.2 Å². The molecule has 0 aromatic heterocycles. The highest BCUT2D eigenvalue weighted by atomic mass is 79.9. The Morgan fingerprint density at radius 3 is 2.67 bits per heavy atom. The van der Waals surface area contributed by atoms with E-state index in [4.69, 9.17) is 0 Å². The van der Waals surface area contributed by atoms with Gasteiger partial charge >= 0.3 is 5.97 Å². The summed E-state index contributed by atoms with van der Waals surface area (Å²) < 4.78 is 4.66. The molecule has 1 amide bonds. The summed E-state index contributed by atoms with van der Waals surface area (Å²) in [6.45, 7) is 2.46. The van der Waals surface area contributed by atoms with Crippen molar-refractivity contribution in [2.45, 2.75) is 13.3 Å². The van der Waals surface area contributed by atoms with Gasteiger partial charge in [-0.05, 0) is 6.92 Å². The van der Waals surface area contributed by atoms with Crippen LogP contribution in [0, 0.1) is 0 Å². The lowest BCUT2D eigenvalue weighted by molar-refractivity contribution is -0.142. The fraction of sp³-hybridized carbons (Fsp3) is 0.714. The molecule has 0 aromatic rings. The minimum Gasteiger partial charge on any atom is -0.466 e. The summed E-state index contributed by atoms with van der Waals surface area (Å²) in [5, 5.41) is 2.79. The third kappa shape index (κ3) is 6.15. The number of nitrogens with one attached hydrogen (secondary N) is 1. The van der Waals surface area contributed by atoms with Crippen LogP contribution >= 0.6 is 15.9 Å². The Labute approximate surface area is 79.8 Å². The number of hydrogen-bond acceptors (Lipinski definition) is 3. The number of alkyl halides is 1. The van der Waals surface area contributed by atoms with Gasteiger partial charge in [-0.2, -0.15) is 0 Å². The molecule has 0 heterocycles. The van der Waals surface area contributed by atoms with Gasteiger partial charge in [0.15, 0.2) is 0 Å². The number of carbonyl (C=O) groups excluding carboxylic acids is 2. The molecule has 0 unspecified atom stereocenters. The molecule has 1 N–H and O–H groups in total. The normalized spacial score (nSPS) is 9.17. The predicted octanol–water partition coefficient (Wildman–Crippen LogP) is 0.451. The second-order valence-corrected chi connectivity index (χ2v) is 2.60. The molecule has 12 heavy (non-hydrogen) atoms. The van der Waals surface area contributed by atoms with E-state index in [-0.39, 0.29) is 23.6 Å². The van der Waals surface area contributed by atoms with E-state index in [9.17, 15) is 9.59 Å². The summed E-state index contributed by atoms with van der Waals surface area (Å²) in [5.41, 5.74) is 0. The van der Waals surface area contributed by atoms with Crippen LogP contribution in [-0.4, -0.2) is 30.4 Å². The first-order chi connectivity index (χ1) is 5.70. The Bertz CT molecular complexity index is 161. The first-order valence-corrected chi connectivity index (χ1v) is 4.81. The first kappa shape index (κ1) is 11.4. The highest BCUT2D eigenvalue weighted by molar-refractivity contribution is 9.09. The third-order valence-corrected chi connectivity index (χ3v) is 1.59. The molecule has 0 bridgehead atoms. The zero-order chi connectivity index (χ0) is 9.40. The van der Waals surface area contributed by atoms with Crippen molar-refractivity contribution < 1.29 is 14.3 Å². The maximum absolute atomic E-state index is 10.7. The molecule has 0 aromatic carbocycles. The van der Waals surface area contributed by atoms with Gasteiger partial charge in [0.25, 0.3) is 0 Å².